The molecular weight excluding hydrogens is 282 g/mol. The first kappa shape index (κ1) is 18.2. The molecule has 1 rings (SSSR count). The third-order valence-electron chi connectivity index (χ3n) is 4.09. The predicted octanol–water partition coefficient (Wildman–Crippen LogP) is 3.58. The summed E-state index contributed by atoms with van der Waals surface area (Å²) in [5.74, 6) is 0.923. The summed E-state index contributed by atoms with van der Waals surface area (Å²) in [7, 11) is -2.95. The first-order valence-corrected chi connectivity index (χ1v) is 9.77. The van der Waals surface area contributed by atoms with Gasteiger partial charge in [-0.15, -0.1) is 0 Å². The smallest absolute Gasteiger partial charge is 0.151 e. The number of hydrogen-bond donors (Lipinski definition) is 1. The van der Waals surface area contributed by atoms with Gasteiger partial charge in [-0.3, -0.25) is 0 Å². The van der Waals surface area contributed by atoms with Gasteiger partial charge in [0.05, 0.1) is 5.75 Å². The van der Waals surface area contributed by atoms with Crippen molar-refractivity contribution in [2.75, 3.05) is 11.5 Å². The number of nitrogens with one attached hydrogen (secondary N) is 1. The van der Waals surface area contributed by atoms with Crippen LogP contribution in [0.15, 0.2) is 30.3 Å². The molecule has 0 amide bonds. The summed E-state index contributed by atoms with van der Waals surface area (Å²) < 4.78 is 23.6. The molecule has 0 saturated carbocycles. The van der Waals surface area contributed by atoms with Gasteiger partial charge >= 0.3 is 0 Å². The third-order valence-corrected chi connectivity index (χ3v) is 5.97. The van der Waals surface area contributed by atoms with E-state index in [1.807, 2.05) is 25.1 Å². The maximum atomic E-state index is 11.8. The molecule has 0 aliphatic carbocycles. The van der Waals surface area contributed by atoms with E-state index in [0.717, 1.165) is 12.8 Å². The van der Waals surface area contributed by atoms with Crippen molar-refractivity contribution in [3.63, 3.8) is 0 Å². The minimum Gasteiger partial charge on any atom is -0.306 e. The van der Waals surface area contributed by atoms with E-state index in [0.29, 0.717) is 5.92 Å². The van der Waals surface area contributed by atoms with Crippen molar-refractivity contribution in [3.8, 4) is 0 Å². The van der Waals surface area contributed by atoms with Crippen molar-refractivity contribution in [1.82, 2.24) is 5.32 Å². The lowest BCUT2D eigenvalue weighted by Gasteiger charge is -2.30. The minimum atomic E-state index is -2.95. The minimum absolute atomic E-state index is 0.0410. The average Bonchev–Trinajstić information content (AvgIpc) is 2.48. The fraction of sp³-hybridized carbons (Fsp3) is 0.647. The van der Waals surface area contributed by atoms with Crippen LogP contribution >= 0.6 is 0 Å². The molecule has 1 aromatic rings. The Morgan fingerprint density at radius 1 is 1.05 bits per heavy atom. The van der Waals surface area contributed by atoms with Gasteiger partial charge in [-0.1, -0.05) is 63.9 Å². The molecular formula is C17H29NO2S. The topological polar surface area (TPSA) is 46.2 Å². The molecule has 0 bridgehead atoms. The van der Waals surface area contributed by atoms with E-state index in [1.165, 1.54) is 5.56 Å². The van der Waals surface area contributed by atoms with Crippen molar-refractivity contribution in [2.24, 2.45) is 5.92 Å². The molecule has 0 aliphatic heterocycles. The second kappa shape index (κ2) is 8.54. The number of benzene rings is 1. The molecule has 0 aliphatic rings. The molecule has 0 fully saturated rings. The van der Waals surface area contributed by atoms with Crippen molar-refractivity contribution >= 4 is 9.84 Å². The number of sulfone groups is 1. The Hall–Kier alpha value is -0.870. The highest BCUT2D eigenvalue weighted by Crippen LogP contribution is 2.27. The Labute approximate surface area is 130 Å². The molecule has 2 atom stereocenters. The van der Waals surface area contributed by atoms with Gasteiger partial charge in [0.1, 0.15) is 0 Å². The quantitative estimate of drug-likeness (QED) is 0.758. The van der Waals surface area contributed by atoms with E-state index in [4.69, 9.17) is 0 Å². The lowest BCUT2D eigenvalue weighted by atomic mass is 9.88. The number of hydrogen-bond acceptors (Lipinski definition) is 3. The van der Waals surface area contributed by atoms with Crippen molar-refractivity contribution < 1.29 is 8.42 Å². The Morgan fingerprint density at radius 3 is 2.10 bits per heavy atom. The second-order valence-electron chi connectivity index (χ2n) is 5.73. The van der Waals surface area contributed by atoms with Crippen LogP contribution in [0.1, 0.15) is 52.1 Å². The Bertz CT molecular complexity index is 495. The highest BCUT2D eigenvalue weighted by atomic mass is 32.2. The largest absolute Gasteiger partial charge is 0.306 e. The van der Waals surface area contributed by atoms with Gasteiger partial charge in [-0.25, -0.2) is 8.42 Å². The van der Waals surface area contributed by atoms with E-state index in [1.54, 1.807) is 6.92 Å². The maximum Gasteiger partial charge on any atom is 0.151 e. The van der Waals surface area contributed by atoms with Gasteiger partial charge in [-0.05, 0) is 18.4 Å². The van der Waals surface area contributed by atoms with Crippen molar-refractivity contribution in [1.29, 1.82) is 0 Å². The van der Waals surface area contributed by atoms with Crippen molar-refractivity contribution in [3.05, 3.63) is 35.9 Å². The lowest BCUT2D eigenvalue weighted by Crippen LogP contribution is -2.39. The molecule has 3 nitrogen and oxygen atoms in total. The fourth-order valence-corrected chi connectivity index (χ4v) is 3.87. The molecule has 2 unspecified atom stereocenters. The standard InChI is InChI=1S/C17H29NO2S/c1-5-15(6-2)17(16-11-9-8-10-12-16)18-14(4)13-21(19,20)7-3/h8-12,14-15,17-18H,5-7,13H2,1-4H3. The van der Waals surface area contributed by atoms with Crippen LogP contribution in [0.5, 0.6) is 0 Å². The summed E-state index contributed by atoms with van der Waals surface area (Å²) in [5, 5.41) is 3.55. The predicted molar refractivity (Wildman–Crippen MR) is 90.2 cm³/mol. The Balaban J connectivity index is 2.88. The van der Waals surface area contributed by atoms with E-state index in [2.05, 4.69) is 31.3 Å². The zero-order valence-electron chi connectivity index (χ0n) is 13.7. The van der Waals surface area contributed by atoms with Gasteiger partial charge < -0.3 is 5.32 Å². The van der Waals surface area contributed by atoms with Gasteiger partial charge in [0.2, 0.25) is 0 Å². The molecule has 4 heteroatoms. The van der Waals surface area contributed by atoms with Crippen LogP contribution in [0, 0.1) is 5.92 Å². The SMILES string of the molecule is CCC(CC)C(NC(C)CS(=O)(=O)CC)c1ccccc1. The third kappa shape index (κ3) is 5.79. The Morgan fingerprint density at radius 2 is 1.62 bits per heavy atom. The van der Waals surface area contributed by atoms with Crippen LogP contribution in [0.4, 0.5) is 0 Å². The van der Waals surface area contributed by atoms with Gasteiger partial charge in [0, 0.05) is 17.8 Å². The molecule has 0 saturated heterocycles. The number of rotatable bonds is 9. The van der Waals surface area contributed by atoms with Crippen LogP contribution in [-0.2, 0) is 9.84 Å². The average molecular weight is 311 g/mol. The molecule has 0 spiro atoms. The first-order valence-electron chi connectivity index (χ1n) is 7.94. The van der Waals surface area contributed by atoms with Crippen LogP contribution < -0.4 is 5.32 Å². The van der Waals surface area contributed by atoms with Gasteiger partial charge in [0.25, 0.3) is 0 Å². The van der Waals surface area contributed by atoms with Crippen molar-refractivity contribution in [2.45, 2.75) is 52.6 Å². The summed E-state index contributed by atoms with van der Waals surface area (Å²) in [6.45, 7) is 8.06. The van der Waals surface area contributed by atoms with Crippen LogP contribution in [0.3, 0.4) is 0 Å². The summed E-state index contributed by atoms with van der Waals surface area (Å²) in [6, 6.07) is 10.5. The molecule has 1 aromatic carbocycles. The molecule has 1 N–H and O–H groups in total. The van der Waals surface area contributed by atoms with E-state index >= 15 is 0 Å². The summed E-state index contributed by atoms with van der Waals surface area (Å²) in [5.41, 5.74) is 1.24. The first-order chi connectivity index (χ1) is 9.93. The normalized spacial score (nSPS) is 15.1. The monoisotopic (exact) mass is 311 g/mol. The fourth-order valence-electron chi connectivity index (χ4n) is 2.78. The van der Waals surface area contributed by atoms with Crippen LogP contribution in [-0.4, -0.2) is 26.0 Å². The van der Waals surface area contributed by atoms with E-state index in [9.17, 15) is 8.42 Å². The maximum absolute atomic E-state index is 11.8. The highest BCUT2D eigenvalue weighted by Gasteiger charge is 2.23. The molecule has 0 radical (unpaired) electrons. The summed E-state index contributed by atoms with van der Waals surface area (Å²) >= 11 is 0. The second-order valence-corrected chi connectivity index (χ2v) is 8.13. The summed E-state index contributed by atoms with van der Waals surface area (Å²) in [6.07, 6.45) is 2.16. The van der Waals surface area contributed by atoms with E-state index in [-0.39, 0.29) is 23.6 Å². The lowest BCUT2D eigenvalue weighted by molar-refractivity contribution is 0.321. The molecule has 21 heavy (non-hydrogen) atoms. The molecule has 0 aromatic heterocycles. The van der Waals surface area contributed by atoms with Crippen LogP contribution in [0.2, 0.25) is 0 Å². The van der Waals surface area contributed by atoms with Crippen LogP contribution in [0.25, 0.3) is 0 Å². The van der Waals surface area contributed by atoms with Gasteiger partial charge in [0.15, 0.2) is 9.84 Å². The molecule has 120 valence electrons. The van der Waals surface area contributed by atoms with E-state index < -0.39 is 9.84 Å². The zero-order chi connectivity index (χ0) is 15.9. The Kier molecular flexibility index (Phi) is 7.40. The zero-order valence-corrected chi connectivity index (χ0v) is 14.5. The van der Waals surface area contributed by atoms with Gasteiger partial charge in [-0.2, -0.15) is 0 Å². The molecule has 0 heterocycles. The highest BCUT2D eigenvalue weighted by molar-refractivity contribution is 7.91. The summed E-state index contributed by atoms with van der Waals surface area (Å²) in [4.78, 5) is 0.